The molecule has 2 aliphatic rings. The summed E-state index contributed by atoms with van der Waals surface area (Å²) >= 11 is 0. The molecule has 2 bridgehead atoms. The molecule has 1 fully saturated rings. The van der Waals surface area contributed by atoms with Gasteiger partial charge in [0.15, 0.2) is 0 Å². The van der Waals surface area contributed by atoms with E-state index in [9.17, 15) is 19.5 Å². The number of allylic oxidation sites excluding steroid dienone is 2. The average molecular weight is 266 g/mol. The summed E-state index contributed by atoms with van der Waals surface area (Å²) in [6.07, 6.45) is 4.45. The average Bonchev–Trinajstić information content (AvgIpc) is 2.86. The van der Waals surface area contributed by atoms with E-state index in [0.717, 1.165) is 0 Å². The van der Waals surface area contributed by atoms with E-state index >= 15 is 0 Å². The summed E-state index contributed by atoms with van der Waals surface area (Å²) in [5.74, 6) is -3.50. The highest BCUT2D eigenvalue weighted by Gasteiger charge is 2.52. The Kier molecular flexibility index (Phi) is 3.12. The first-order chi connectivity index (χ1) is 8.74. The predicted molar refractivity (Wildman–Crippen MR) is 66.8 cm³/mol. The largest absolute Gasteiger partial charge is 0.481 e. The van der Waals surface area contributed by atoms with Gasteiger partial charge in [-0.25, -0.2) is 0 Å². The molecule has 0 aromatic rings. The van der Waals surface area contributed by atoms with Gasteiger partial charge in [-0.05, 0) is 32.1 Å². The van der Waals surface area contributed by atoms with Gasteiger partial charge in [0.1, 0.15) is 5.54 Å². The molecule has 2 amide bonds. The first kappa shape index (κ1) is 13.6. The minimum Gasteiger partial charge on any atom is -0.481 e. The van der Waals surface area contributed by atoms with Gasteiger partial charge < -0.3 is 16.2 Å². The normalized spacial score (nSPS) is 32.3. The maximum absolute atomic E-state index is 12.3. The first-order valence-corrected chi connectivity index (χ1v) is 6.27. The molecular weight excluding hydrogens is 248 g/mol. The molecule has 0 saturated heterocycles. The van der Waals surface area contributed by atoms with Crippen LogP contribution in [0.3, 0.4) is 0 Å². The molecule has 104 valence electrons. The van der Waals surface area contributed by atoms with Crippen LogP contribution < -0.4 is 11.1 Å². The Morgan fingerprint density at radius 2 is 1.74 bits per heavy atom. The zero-order valence-electron chi connectivity index (χ0n) is 10.9. The van der Waals surface area contributed by atoms with Gasteiger partial charge in [-0.2, -0.15) is 0 Å². The van der Waals surface area contributed by atoms with E-state index in [1.165, 1.54) is 13.8 Å². The Balaban J connectivity index is 2.17. The van der Waals surface area contributed by atoms with Crippen LogP contribution in [0, 0.1) is 23.7 Å². The Bertz CT molecular complexity index is 469. The quantitative estimate of drug-likeness (QED) is 0.617. The van der Waals surface area contributed by atoms with Gasteiger partial charge in [0.05, 0.1) is 11.8 Å². The van der Waals surface area contributed by atoms with Crippen molar-refractivity contribution in [1.82, 2.24) is 5.32 Å². The minimum absolute atomic E-state index is 0.0604. The first-order valence-electron chi connectivity index (χ1n) is 6.27. The summed E-state index contributed by atoms with van der Waals surface area (Å²) in [6, 6.07) is 0. The molecule has 0 aromatic heterocycles. The number of carbonyl (C=O) groups is 3. The van der Waals surface area contributed by atoms with Gasteiger partial charge in [-0.1, -0.05) is 12.2 Å². The van der Waals surface area contributed by atoms with Gasteiger partial charge in [0, 0.05) is 0 Å². The van der Waals surface area contributed by atoms with Crippen LogP contribution in [0.15, 0.2) is 12.2 Å². The van der Waals surface area contributed by atoms with E-state index in [1.54, 1.807) is 0 Å². The van der Waals surface area contributed by atoms with Crippen molar-refractivity contribution >= 4 is 17.8 Å². The topological polar surface area (TPSA) is 109 Å². The van der Waals surface area contributed by atoms with Crippen LogP contribution in [0.1, 0.15) is 20.3 Å². The van der Waals surface area contributed by atoms with Crippen LogP contribution in [0.25, 0.3) is 0 Å². The van der Waals surface area contributed by atoms with E-state index in [1.807, 2.05) is 12.2 Å². The van der Waals surface area contributed by atoms with Crippen molar-refractivity contribution in [3.63, 3.8) is 0 Å². The highest BCUT2D eigenvalue weighted by molar-refractivity contribution is 5.92. The molecule has 0 heterocycles. The zero-order valence-corrected chi connectivity index (χ0v) is 10.9. The van der Waals surface area contributed by atoms with Crippen molar-refractivity contribution in [3.05, 3.63) is 12.2 Å². The molecule has 1 saturated carbocycles. The van der Waals surface area contributed by atoms with E-state index in [0.29, 0.717) is 6.42 Å². The number of carboxylic acids is 1. The number of amides is 2. The number of primary amides is 1. The predicted octanol–water partition coefficient (Wildman–Crippen LogP) is -0.111. The lowest BCUT2D eigenvalue weighted by Gasteiger charge is -2.29. The molecule has 0 radical (unpaired) electrons. The van der Waals surface area contributed by atoms with Gasteiger partial charge in [-0.15, -0.1) is 0 Å². The second-order valence-electron chi connectivity index (χ2n) is 5.82. The van der Waals surface area contributed by atoms with Crippen molar-refractivity contribution in [2.75, 3.05) is 0 Å². The molecule has 4 atom stereocenters. The van der Waals surface area contributed by atoms with E-state index in [-0.39, 0.29) is 11.8 Å². The smallest absolute Gasteiger partial charge is 0.307 e. The van der Waals surface area contributed by atoms with Crippen LogP contribution in [0.5, 0.6) is 0 Å². The number of nitrogens with two attached hydrogens (primary N) is 1. The second kappa shape index (κ2) is 4.36. The lowest BCUT2D eigenvalue weighted by atomic mass is 9.82. The van der Waals surface area contributed by atoms with Gasteiger partial charge in [0.2, 0.25) is 11.8 Å². The Morgan fingerprint density at radius 3 is 2.21 bits per heavy atom. The Morgan fingerprint density at radius 1 is 1.21 bits per heavy atom. The number of hydrogen-bond donors (Lipinski definition) is 3. The third-order valence-electron chi connectivity index (χ3n) is 4.10. The van der Waals surface area contributed by atoms with E-state index < -0.39 is 35.2 Å². The van der Waals surface area contributed by atoms with E-state index in [2.05, 4.69) is 5.32 Å². The molecule has 0 aliphatic heterocycles. The summed E-state index contributed by atoms with van der Waals surface area (Å²) in [5.41, 5.74) is 4.03. The summed E-state index contributed by atoms with van der Waals surface area (Å²) in [6.45, 7) is 3.01. The summed E-state index contributed by atoms with van der Waals surface area (Å²) in [4.78, 5) is 34.8. The standard InChI is InChI=1S/C13H18N2O4/c1-13(2,12(14)19)15-10(16)8-6-3-4-7(5-6)9(8)11(17)18/h3-4,6-9H,5H2,1-2H3,(H2,14,19)(H,15,16)(H,17,18)/t6?,7?,8-,9+/m0/s1. The van der Waals surface area contributed by atoms with Crippen molar-refractivity contribution in [2.45, 2.75) is 25.8 Å². The molecule has 19 heavy (non-hydrogen) atoms. The number of nitrogens with one attached hydrogen (secondary N) is 1. The van der Waals surface area contributed by atoms with Gasteiger partial charge in [0.25, 0.3) is 0 Å². The number of carbonyl (C=O) groups excluding carboxylic acids is 2. The maximum Gasteiger partial charge on any atom is 0.307 e. The Labute approximate surface area is 111 Å². The molecular formula is C13H18N2O4. The van der Waals surface area contributed by atoms with E-state index in [4.69, 9.17) is 5.73 Å². The molecule has 4 N–H and O–H groups in total. The number of rotatable bonds is 4. The molecule has 2 aliphatic carbocycles. The highest BCUT2D eigenvalue weighted by atomic mass is 16.4. The van der Waals surface area contributed by atoms with Crippen molar-refractivity contribution in [1.29, 1.82) is 0 Å². The third-order valence-corrected chi connectivity index (χ3v) is 4.10. The lowest BCUT2D eigenvalue weighted by molar-refractivity contribution is -0.148. The summed E-state index contributed by atoms with van der Waals surface area (Å²) < 4.78 is 0. The fourth-order valence-electron chi connectivity index (χ4n) is 2.97. The summed E-state index contributed by atoms with van der Waals surface area (Å²) in [5, 5.41) is 11.8. The number of hydrogen-bond acceptors (Lipinski definition) is 3. The van der Waals surface area contributed by atoms with Crippen LogP contribution in [-0.4, -0.2) is 28.4 Å². The highest BCUT2D eigenvalue weighted by Crippen LogP contribution is 2.48. The number of carboxylic acid groups (broad SMARTS) is 1. The number of aliphatic carboxylic acids is 1. The molecule has 2 unspecified atom stereocenters. The molecule has 6 nitrogen and oxygen atoms in total. The van der Waals surface area contributed by atoms with Crippen molar-refractivity contribution < 1.29 is 19.5 Å². The third kappa shape index (κ3) is 2.22. The fourth-order valence-corrected chi connectivity index (χ4v) is 2.97. The summed E-state index contributed by atoms with van der Waals surface area (Å²) in [7, 11) is 0. The van der Waals surface area contributed by atoms with Crippen molar-refractivity contribution in [2.24, 2.45) is 29.4 Å². The monoisotopic (exact) mass is 266 g/mol. The lowest BCUT2D eigenvalue weighted by Crippen LogP contribution is -2.56. The number of fused-ring (bicyclic) bond motifs is 2. The molecule has 0 spiro atoms. The fraction of sp³-hybridized carbons (Fsp3) is 0.615. The minimum atomic E-state index is -1.17. The maximum atomic E-state index is 12.3. The van der Waals surface area contributed by atoms with Crippen LogP contribution in [0.4, 0.5) is 0 Å². The molecule has 0 aromatic carbocycles. The van der Waals surface area contributed by atoms with Gasteiger partial charge in [-0.3, -0.25) is 14.4 Å². The SMILES string of the molecule is CC(C)(NC(=O)[C@H]1C2C=CC(C2)[C@H]1C(=O)O)C(N)=O. The van der Waals surface area contributed by atoms with Crippen LogP contribution >= 0.6 is 0 Å². The Hall–Kier alpha value is -1.85. The molecule has 2 rings (SSSR count). The van der Waals surface area contributed by atoms with Crippen LogP contribution in [-0.2, 0) is 14.4 Å². The van der Waals surface area contributed by atoms with Crippen molar-refractivity contribution in [3.8, 4) is 0 Å². The molecule has 6 heteroatoms. The second-order valence-corrected chi connectivity index (χ2v) is 5.82. The van der Waals surface area contributed by atoms with Gasteiger partial charge >= 0.3 is 5.97 Å². The zero-order chi connectivity index (χ0) is 14.4. The van der Waals surface area contributed by atoms with Crippen LogP contribution in [0.2, 0.25) is 0 Å².